The highest BCUT2D eigenvalue weighted by Gasteiger charge is 2.01. The van der Waals surface area contributed by atoms with Crippen LogP contribution < -0.4 is 5.32 Å². The molecule has 0 bridgehead atoms. The molecule has 2 heterocycles. The van der Waals surface area contributed by atoms with Gasteiger partial charge in [-0.1, -0.05) is 12.1 Å². The molecule has 0 spiro atoms. The third-order valence-corrected chi connectivity index (χ3v) is 2.30. The second kappa shape index (κ2) is 5.46. The van der Waals surface area contributed by atoms with Gasteiger partial charge in [-0.25, -0.2) is 0 Å². The Bertz CT molecular complexity index is 409. The summed E-state index contributed by atoms with van der Waals surface area (Å²) in [5.74, 6) is 2.71. The summed E-state index contributed by atoms with van der Waals surface area (Å²) in [6.07, 6.45) is 3.04. The number of nitrogens with zero attached hydrogens (tertiary/aromatic N) is 2. The molecule has 5 heteroatoms. The second-order valence-electron chi connectivity index (χ2n) is 3.50. The average Bonchev–Trinajstić information content (AvgIpc) is 2.95. The number of rotatable bonds is 6. The predicted molar refractivity (Wildman–Crippen MR) is 57.8 cm³/mol. The highest BCUT2D eigenvalue weighted by Crippen LogP contribution is 2.07. The molecule has 0 fully saturated rings. The van der Waals surface area contributed by atoms with E-state index in [1.807, 2.05) is 12.1 Å². The summed E-state index contributed by atoms with van der Waals surface area (Å²) in [5.41, 5.74) is 0. The Morgan fingerprint density at radius 1 is 1.31 bits per heavy atom. The van der Waals surface area contributed by atoms with Crippen molar-refractivity contribution in [3.8, 4) is 0 Å². The van der Waals surface area contributed by atoms with E-state index in [0.29, 0.717) is 0 Å². The van der Waals surface area contributed by atoms with Gasteiger partial charge in [-0.15, -0.1) is 0 Å². The molecule has 2 rings (SSSR count). The van der Waals surface area contributed by atoms with Crippen LogP contribution in [0.25, 0.3) is 0 Å². The summed E-state index contributed by atoms with van der Waals surface area (Å²) in [6.45, 7) is 3.62. The molecule has 0 radical (unpaired) electrons. The Morgan fingerprint density at radius 3 is 2.88 bits per heavy atom. The highest BCUT2D eigenvalue weighted by atomic mass is 16.5. The molecule has 0 aliphatic carbocycles. The van der Waals surface area contributed by atoms with Crippen molar-refractivity contribution in [2.45, 2.75) is 26.3 Å². The second-order valence-corrected chi connectivity index (χ2v) is 3.50. The molecule has 2 aromatic rings. The minimum Gasteiger partial charge on any atom is -0.465 e. The maximum Gasteiger partial charge on any atom is 0.213 e. The van der Waals surface area contributed by atoms with Crippen LogP contribution in [-0.4, -0.2) is 16.7 Å². The van der Waals surface area contributed by atoms with Crippen molar-refractivity contribution >= 4 is 0 Å². The van der Waals surface area contributed by atoms with Crippen LogP contribution in [0.3, 0.4) is 0 Å². The molecule has 0 unspecified atom stereocenters. The van der Waals surface area contributed by atoms with E-state index >= 15 is 0 Å². The number of hydrogen-bond acceptors (Lipinski definition) is 5. The molecule has 0 saturated heterocycles. The van der Waals surface area contributed by atoms with Gasteiger partial charge in [0.2, 0.25) is 6.39 Å². The molecule has 0 aliphatic heterocycles. The molecule has 16 heavy (non-hydrogen) atoms. The lowest BCUT2D eigenvalue weighted by atomic mass is 10.3. The molecular formula is C11H15N3O2. The van der Waals surface area contributed by atoms with Gasteiger partial charge in [0.15, 0.2) is 5.82 Å². The molecule has 0 aromatic carbocycles. The summed E-state index contributed by atoms with van der Waals surface area (Å²) in [6, 6.07) is 4.01. The van der Waals surface area contributed by atoms with Gasteiger partial charge in [-0.2, -0.15) is 4.98 Å². The van der Waals surface area contributed by atoms with Gasteiger partial charge in [0.05, 0.1) is 6.54 Å². The zero-order valence-corrected chi connectivity index (χ0v) is 9.27. The van der Waals surface area contributed by atoms with Crippen LogP contribution in [0.5, 0.6) is 0 Å². The first-order valence-electron chi connectivity index (χ1n) is 5.42. The zero-order chi connectivity index (χ0) is 11.2. The van der Waals surface area contributed by atoms with E-state index in [-0.39, 0.29) is 0 Å². The lowest BCUT2D eigenvalue weighted by Crippen LogP contribution is -2.16. The third kappa shape index (κ3) is 2.93. The van der Waals surface area contributed by atoms with Crippen molar-refractivity contribution in [3.05, 3.63) is 35.9 Å². The molecule has 0 saturated carbocycles. The fourth-order valence-corrected chi connectivity index (χ4v) is 1.42. The minimum absolute atomic E-state index is 0.723. The molecule has 5 nitrogen and oxygen atoms in total. The van der Waals surface area contributed by atoms with Crippen molar-refractivity contribution in [2.24, 2.45) is 0 Å². The molecule has 0 aliphatic rings. The van der Waals surface area contributed by atoms with Crippen LogP contribution in [0, 0.1) is 0 Å². The van der Waals surface area contributed by atoms with Gasteiger partial charge in [0.1, 0.15) is 11.5 Å². The number of nitrogens with one attached hydrogen (secondary N) is 1. The van der Waals surface area contributed by atoms with E-state index in [0.717, 1.165) is 43.3 Å². The number of aryl methyl sites for hydroxylation is 1. The Balaban J connectivity index is 1.68. The smallest absolute Gasteiger partial charge is 0.213 e. The normalized spacial score (nSPS) is 10.8. The van der Waals surface area contributed by atoms with E-state index in [2.05, 4.69) is 26.9 Å². The van der Waals surface area contributed by atoms with Crippen molar-refractivity contribution in [2.75, 3.05) is 6.54 Å². The van der Waals surface area contributed by atoms with Gasteiger partial charge in [0, 0.05) is 19.4 Å². The van der Waals surface area contributed by atoms with Crippen molar-refractivity contribution in [1.82, 2.24) is 15.5 Å². The van der Waals surface area contributed by atoms with Gasteiger partial charge in [-0.3, -0.25) is 0 Å². The first-order chi connectivity index (χ1) is 7.88. The standard InChI is InChI=1S/C11H15N3O2/c1-2-9-3-4-10(16-9)7-12-6-5-11-13-8-15-14-11/h3-4,8,12H,2,5-7H2,1H3. The Labute approximate surface area is 93.8 Å². The van der Waals surface area contributed by atoms with E-state index < -0.39 is 0 Å². The fourth-order valence-electron chi connectivity index (χ4n) is 1.42. The molecule has 2 aromatic heterocycles. The SMILES string of the molecule is CCc1ccc(CNCCc2ncon2)o1. The quantitative estimate of drug-likeness (QED) is 0.750. The summed E-state index contributed by atoms with van der Waals surface area (Å²) < 4.78 is 10.2. The largest absolute Gasteiger partial charge is 0.465 e. The van der Waals surface area contributed by atoms with Gasteiger partial charge >= 0.3 is 0 Å². The first kappa shape index (κ1) is 10.9. The van der Waals surface area contributed by atoms with Crippen LogP contribution >= 0.6 is 0 Å². The van der Waals surface area contributed by atoms with E-state index in [9.17, 15) is 0 Å². The van der Waals surface area contributed by atoms with Gasteiger partial charge in [-0.05, 0) is 12.1 Å². The number of aromatic nitrogens is 2. The zero-order valence-electron chi connectivity index (χ0n) is 9.27. The predicted octanol–water partition coefficient (Wildman–Crippen LogP) is 1.56. The monoisotopic (exact) mass is 221 g/mol. The van der Waals surface area contributed by atoms with E-state index in [1.165, 1.54) is 6.39 Å². The molecule has 1 N–H and O–H groups in total. The van der Waals surface area contributed by atoms with Crippen LogP contribution in [-0.2, 0) is 19.4 Å². The molecule has 0 atom stereocenters. The number of hydrogen-bond donors (Lipinski definition) is 1. The van der Waals surface area contributed by atoms with E-state index in [1.54, 1.807) is 0 Å². The van der Waals surface area contributed by atoms with Crippen LogP contribution in [0.1, 0.15) is 24.3 Å². The fraction of sp³-hybridized carbons (Fsp3) is 0.455. The lowest BCUT2D eigenvalue weighted by molar-refractivity contribution is 0.408. The van der Waals surface area contributed by atoms with Crippen molar-refractivity contribution < 1.29 is 8.94 Å². The Morgan fingerprint density at radius 2 is 2.19 bits per heavy atom. The summed E-state index contributed by atoms with van der Waals surface area (Å²) in [7, 11) is 0. The molecule has 86 valence electrons. The molecule has 0 amide bonds. The number of furan rings is 1. The topological polar surface area (TPSA) is 64.1 Å². The van der Waals surface area contributed by atoms with Crippen LogP contribution in [0.2, 0.25) is 0 Å². The Kier molecular flexibility index (Phi) is 3.71. The minimum atomic E-state index is 0.723. The summed E-state index contributed by atoms with van der Waals surface area (Å²) in [5, 5.41) is 6.99. The highest BCUT2D eigenvalue weighted by molar-refractivity contribution is 5.06. The lowest BCUT2D eigenvalue weighted by Gasteiger charge is -1.99. The van der Waals surface area contributed by atoms with Crippen molar-refractivity contribution in [3.63, 3.8) is 0 Å². The van der Waals surface area contributed by atoms with Crippen LogP contribution in [0.4, 0.5) is 0 Å². The first-order valence-corrected chi connectivity index (χ1v) is 5.42. The van der Waals surface area contributed by atoms with E-state index in [4.69, 9.17) is 4.42 Å². The summed E-state index contributed by atoms with van der Waals surface area (Å²) in [4.78, 5) is 3.94. The van der Waals surface area contributed by atoms with Gasteiger partial charge in [0.25, 0.3) is 0 Å². The van der Waals surface area contributed by atoms with Gasteiger partial charge < -0.3 is 14.3 Å². The van der Waals surface area contributed by atoms with Crippen molar-refractivity contribution in [1.29, 1.82) is 0 Å². The third-order valence-electron chi connectivity index (χ3n) is 2.30. The maximum atomic E-state index is 5.56. The average molecular weight is 221 g/mol. The van der Waals surface area contributed by atoms with Crippen LogP contribution in [0.15, 0.2) is 27.5 Å². The summed E-state index contributed by atoms with van der Waals surface area (Å²) >= 11 is 0. The maximum absolute atomic E-state index is 5.56. The molecular weight excluding hydrogens is 206 g/mol. The Hall–Kier alpha value is -1.62.